The van der Waals surface area contributed by atoms with Gasteiger partial charge >= 0.3 is 0 Å². The van der Waals surface area contributed by atoms with Crippen molar-refractivity contribution in [3.8, 4) is 5.75 Å². The summed E-state index contributed by atoms with van der Waals surface area (Å²) in [6, 6.07) is 6.21. The van der Waals surface area contributed by atoms with Crippen molar-refractivity contribution in [2.45, 2.75) is 26.1 Å². The molecule has 16 heavy (non-hydrogen) atoms. The average molecular weight is 221 g/mol. The summed E-state index contributed by atoms with van der Waals surface area (Å²) >= 11 is 0. The molecule has 1 fully saturated rings. The number of morpholine rings is 1. The maximum absolute atomic E-state index is 5.93. The highest BCUT2D eigenvalue weighted by molar-refractivity contribution is 5.38. The Morgan fingerprint density at radius 3 is 2.88 bits per heavy atom. The first kappa shape index (κ1) is 11.4. The number of benzene rings is 1. The molecule has 2 rings (SSSR count). The molecule has 0 saturated carbocycles. The Bertz CT molecular complexity index is 365. The Hall–Kier alpha value is -1.06. The van der Waals surface area contributed by atoms with Crippen molar-refractivity contribution in [3.63, 3.8) is 0 Å². The fourth-order valence-electron chi connectivity index (χ4n) is 2.08. The second-order valence-electron chi connectivity index (χ2n) is 4.34. The summed E-state index contributed by atoms with van der Waals surface area (Å²) in [5.74, 6) is 0.909. The molecule has 0 aliphatic carbocycles. The predicted molar refractivity (Wildman–Crippen MR) is 63.9 cm³/mol. The second kappa shape index (κ2) is 4.85. The van der Waals surface area contributed by atoms with Gasteiger partial charge in [-0.15, -0.1) is 0 Å². The van der Waals surface area contributed by atoms with Crippen molar-refractivity contribution in [1.29, 1.82) is 0 Å². The van der Waals surface area contributed by atoms with Gasteiger partial charge in [0.1, 0.15) is 5.75 Å². The molecule has 2 unspecified atom stereocenters. The van der Waals surface area contributed by atoms with Crippen LogP contribution in [0.5, 0.6) is 5.75 Å². The van der Waals surface area contributed by atoms with Crippen LogP contribution >= 0.6 is 0 Å². The summed E-state index contributed by atoms with van der Waals surface area (Å²) in [7, 11) is 1.70. The average Bonchev–Trinajstić information content (AvgIpc) is 2.29. The molecule has 1 aromatic carbocycles. The largest absolute Gasteiger partial charge is 0.496 e. The first-order valence-corrected chi connectivity index (χ1v) is 5.71. The van der Waals surface area contributed by atoms with Crippen molar-refractivity contribution >= 4 is 0 Å². The van der Waals surface area contributed by atoms with E-state index in [0.29, 0.717) is 0 Å². The Labute approximate surface area is 96.8 Å². The van der Waals surface area contributed by atoms with Crippen molar-refractivity contribution in [3.05, 3.63) is 29.3 Å². The van der Waals surface area contributed by atoms with Crippen LogP contribution in [0.1, 0.15) is 24.2 Å². The van der Waals surface area contributed by atoms with Crippen molar-refractivity contribution < 1.29 is 9.47 Å². The monoisotopic (exact) mass is 221 g/mol. The summed E-state index contributed by atoms with van der Waals surface area (Å²) in [6.45, 7) is 5.94. The van der Waals surface area contributed by atoms with E-state index in [1.165, 1.54) is 5.56 Å². The summed E-state index contributed by atoms with van der Waals surface area (Å²) < 4.78 is 11.3. The highest BCUT2D eigenvalue weighted by Crippen LogP contribution is 2.30. The summed E-state index contributed by atoms with van der Waals surface area (Å²) in [5, 5.41) is 3.37. The third kappa shape index (κ3) is 2.36. The Kier molecular flexibility index (Phi) is 3.46. The van der Waals surface area contributed by atoms with Crippen LogP contribution in [-0.2, 0) is 4.74 Å². The minimum absolute atomic E-state index is 0.0959. The zero-order valence-corrected chi connectivity index (χ0v) is 10.1. The van der Waals surface area contributed by atoms with E-state index >= 15 is 0 Å². The maximum Gasteiger partial charge on any atom is 0.124 e. The smallest absolute Gasteiger partial charge is 0.124 e. The fraction of sp³-hybridized carbons (Fsp3) is 0.538. The first-order valence-electron chi connectivity index (χ1n) is 5.71. The molecule has 1 heterocycles. The van der Waals surface area contributed by atoms with Crippen molar-refractivity contribution in [2.24, 2.45) is 0 Å². The van der Waals surface area contributed by atoms with Crippen molar-refractivity contribution in [1.82, 2.24) is 5.32 Å². The van der Waals surface area contributed by atoms with Crippen LogP contribution in [0.3, 0.4) is 0 Å². The number of methoxy groups -OCH3 is 1. The van der Waals surface area contributed by atoms with E-state index in [2.05, 4.69) is 31.3 Å². The van der Waals surface area contributed by atoms with Crippen LogP contribution < -0.4 is 10.1 Å². The zero-order chi connectivity index (χ0) is 11.5. The third-order valence-electron chi connectivity index (χ3n) is 2.89. The van der Waals surface area contributed by atoms with Crippen LogP contribution in [0.15, 0.2) is 18.2 Å². The summed E-state index contributed by atoms with van der Waals surface area (Å²) in [6.07, 6.45) is 0.350. The first-order chi connectivity index (χ1) is 7.70. The lowest BCUT2D eigenvalue weighted by Gasteiger charge is -2.30. The van der Waals surface area contributed by atoms with Gasteiger partial charge in [-0.3, -0.25) is 0 Å². The van der Waals surface area contributed by atoms with Gasteiger partial charge in [0.15, 0.2) is 0 Å². The summed E-state index contributed by atoms with van der Waals surface area (Å²) in [5.41, 5.74) is 2.37. The lowest BCUT2D eigenvalue weighted by atomic mass is 10.0. The van der Waals surface area contributed by atoms with Gasteiger partial charge in [-0.2, -0.15) is 0 Å². The van der Waals surface area contributed by atoms with Gasteiger partial charge in [0.2, 0.25) is 0 Å². The number of rotatable bonds is 2. The van der Waals surface area contributed by atoms with Gasteiger partial charge in [-0.25, -0.2) is 0 Å². The number of hydrogen-bond donors (Lipinski definition) is 1. The van der Waals surface area contributed by atoms with Gasteiger partial charge in [-0.05, 0) is 26.0 Å². The minimum Gasteiger partial charge on any atom is -0.496 e. The molecule has 1 N–H and O–H groups in total. The van der Waals surface area contributed by atoms with Gasteiger partial charge in [-0.1, -0.05) is 11.6 Å². The molecule has 1 aromatic rings. The highest BCUT2D eigenvalue weighted by atomic mass is 16.5. The van der Waals surface area contributed by atoms with E-state index in [4.69, 9.17) is 9.47 Å². The van der Waals surface area contributed by atoms with Gasteiger partial charge < -0.3 is 14.8 Å². The van der Waals surface area contributed by atoms with Crippen LogP contribution in [0.2, 0.25) is 0 Å². The Morgan fingerprint density at radius 1 is 1.38 bits per heavy atom. The molecule has 1 aliphatic rings. The van der Waals surface area contributed by atoms with Gasteiger partial charge in [0, 0.05) is 18.7 Å². The van der Waals surface area contributed by atoms with Crippen LogP contribution in [0.25, 0.3) is 0 Å². The highest BCUT2D eigenvalue weighted by Gasteiger charge is 2.23. The van der Waals surface area contributed by atoms with Crippen LogP contribution in [0, 0.1) is 6.92 Å². The maximum atomic E-state index is 5.93. The quantitative estimate of drug-likeness (QED) is 0.829. The second-order valence-corrected chi connectivity index (χ2v) is 4.34. The molecular weight excluding hydrogens is 202 g/mol. The van der Waals surface area contributed by atoms with E-state index in [1.807, 2.05) is 6.07 Å². The lowest BCUT2D eigenvalue weighted by molar-refractivity contribution is -0.0297. The molecule has 3 heteroatoms. The van der Waals surface area contributed by atoms with E-state index in [1.54, 1.807) is 7.11 Å². The lowest BCUT2D eigenvalue weighted by Crippen LogP contribution is -2.39. The molecule has 88 valence electrons. The Morgan fingerprint density at radius 2 is 2.19 bits per heavy atom. The topological polar surface area (TPSA) is 30.5 Å². The minimum atomic E-state index is 0.0959. The molecule has 0 amide bonds. The zero-order valence-electron chi connectivity index (χ0n) is 10.1. The van der Waals surface area contributed by atoms with Gasteiger partial charge in [0.05, 0.1) is 19.3 Å². The van der Waals surface area contributed by atoms with E-state index < -0.39 is 0 Å². The number of aryl methyl sites for hydroxylation is 1. The SMILES string of the molecule is COc1ccc(C)cc1C1CNCC(C)O1. The van der Waals surface area contributed by atoms with E-state index in [0.717, 1.165) is 24.4 Å². The molecule has 0 radical (unpaired) electrons. The number of ether oxygens (including phenoxy) is 2. The fourth-order valence-corrected chi connectivity index (χ4v) is 2.08. The number of hydrogen-bond acceptors (Lipinski definition) is 3. The standard InChI is InChI=1S/C13H19NO2/c1-9-4-5-12(15-3)11(6-9)13-8-14-7-10(2)16-13/h4-6,10,13-14H,7-8H2,1-3H3. The molecule has 0 spiro atoms. The van der Waals surface area contributed by atoms with Crippen LogP contribution in [0.4, 0.5) is 0 Å². The van der Waals surface area contributed by atoms with E-state index in [-0.39, 0.29) is 12.2 Å². The molecule has 1 aliphatic heterocycles. The van der Waals surface area contributed by atoms with Crippen molar-refractivity contribution in [2.75, 3.05) is 20.2 Å². The Balaban J connectivity index is 2.26. The third-order valence-corrected chi connectivity index (χ3v) is 2.89. The molecular formula is C13H19NO2. The molecule has 0 bridgehead atoms. The number of nitrogens with one attached hydrogen (secondary N) is 1. The van der Waals surface area contributed by atoms with E-state index in [9.17, 15) is 0 Å². The normalized spacial score (nSPS) is 25.4. The van der Waals surface area contributed by atoms with Gasteiger partial charge in [0.25, 0.3) is 0 Å². The molecule has 3 nitrogen and oxygen atoms in total. The molecule has 1 saturated heterocycles. The molecule has 2 atom stereocenters. The summed E-state index contributed by atoms with van der Waals surface area (Å²) in [4.78, 5) is 0. The predicted octanol–water partition coefficient (Wildman–Crippen LogP) is 2.05. The van der Waals surface area contributed by atoms with Crippen LogP contribution in [-0.4, -0.2) is 26.3 Å². The molecule has 0 aromatic heterocycles.